The standard InChI is InChI=1S/C16H21N3O2S/c1-12-8-9-14(21-12)11-22-16-18-17-15(19(16)2)10-20-13-6-4-3-5-7-13/h3-7,12,14H,8-11H2,1-2H3/t12-,14-/m0/s1. The molecule has 0 saturated carbocycles. The van der Waals surface area contributed by atoms with Crippen LogP contribution in [0.1, 0.15) is 25.6 Å². The third-order valence-electron chi connectivity index (χ3n) is 3.75. The molecule has 0 spiro atoms. The van der Waals surface area contributed by atoms with Crippen LogP contribution in [0.5, 0.6) is 5.75 Å². The maximum absolute atomic E-state index is 5.83. The second-order valence-electron chi connectivity index (χ2n) is 5.52. The molecule has 0 bridgehead atoms. The van der Waals surface area contributed by atoms with E-state index < -0.39 is 0 Å². The first-order valence-corrected chi connectivity index (χ1v) is 8.55. The van der Waals surface area contributed by atoms with Crippen molar-refractivity contribution >= 4 is 11.8 Å². The lowest BCUT2D eigenvalue weighted by Crippen LogP contribution is -2.11. The minimum Gasteiger partial charge on any atom is -0.486 e. The molecule has 3 rings (SSSR count). The summed E-state index contributed by atoms with van der Waals surface area (Å²) in [4.78, 5) is 0. The van der Waals surface area contributed by atoms with Crippen molar-refractivity contribution in [2.24, 2.45) is 7.05 Å². The second-order valence-corrected chi connectivity index (χ2v) is 6.50. The summed E-state index contributed by atoms with van der Waals surface area (Å²) in [7, 11) is 1.98. The molecule has 2 atom stereocenters. The van der Waals surface area contributed by atoms with Gasteiger partial charge in [0.25, 0.3) is 0 Å². The van der Waals surface area contributed by atoms with Crippen molar-refractivity contribution in [2.75, 3.05) is 5.75 Å². The number of rotatable bonds is 6. The highest BCUT2D eigenvalue weighted by molar-refractivity contribution is 7.99. The summed E-state index contributed by atoms with van der Waals surface area (Å²) in [6.45, 7) is 2.55. The van der Waals surface area contributed by atoms with Crippen molar-refractivity contribution in [3.63, 3.8) is 0 Å². The molecule has 0 unspecified atom stereocenters. The predicted molar refractivity (Wildman–Crippen MR) is 86.1 cm³/mol. The van der Waals surface area contributed by atoms with Crippen LogP contribution in [-0.4, -0.2) is 32.7 Å². The van der Waals surface area contributed by atoms with Gasteiger partial charge in [-0.15, -0.1) is 10.2 Å². The summed E-state index contributed by atoms with van der Waals surface area (Å²) in [5, 5.41) is 9.38. The van der Waals surface area contributed by atoms with Crippen molar-refractivity contribution in [3.8, 4) is 5.75 Å². The van der Waals surface area contributed by atoms with E-state index in [9.17, 15) is 0 Å². The quantitative estimate of drug-likeness (QED) is 0.766. The van der Waals surface area contributed by atoms with E-state index in [1.165, 1.54) is 0 Å². The van der Waals surface area contributed by atoms with Gasteiger partial charge in [-0.3, -0.25) is 0 Å². The van der Waals surface area contributed by atoms with Crippen molar-refractivity contribution < 1.29 is 9.47 Å². The molecule has 0 aliphatic carbocycles. The van der Waals surface area contributed by atoms with Crippen LogP contribution in [0.15, 0.2) is 35.5 Å². The number of ether oxygens (including phenoxy) is 2. The number of hydrogen-bond donors (Lipinski definition) is 0. The van der Waals surface area contributed by atoms with Gasteiger partial charge >= 0.3 is 0 Å². The number of para-hydroxylation sites is 1. The lowest BCUT2D eigenvalue weighted by atomic mass is 10.2. The Labute approximate surface area is 135 Å². The summed E-state index contributed by atoms with van der Waals surface area (Å²) >= 11 is 1.70. The maximum atomic E-state index is 5.83. The molecule has 2 aromatic rings. The molecule has 0 N–H and O–H groups in total. The fourth-order valence-electron chi connectivity index (χ4n) is 2.44. The van der Waals surface area contributed by atoms with Crippen LogP contribution in [0.25, 0.3) is 0 Å². The molecule has 2 heterocycles. The molecule has 1 aliphatic heterocycles. The Hall–Kier alpha value is -1.53. The lowest BCUT2D eigenvalue weighted by molar-refractivity contribution is 0.0699. The van der Waals surface area contributed by atoms with E-state index in [0.717, 1.165) is 35.3 Å². The van der Waals surface area contributed by atoms with Crippen LogP contribution in [-0.2, 0) is 18.4 Å². The molecular formula is C16H21N3O2S. The lowest BCUT2D eigenvalue weighted by Gasteiger charge is -2.10. The monoisotopic (exact) mass is 319 g/mol. The molecule has 118 valence electrons. The number of thioether (sulfide) groups is 1. The van der Waals surface area contributed by atoms with Gasteiger partial charge in [0.1, 0.15) is 12.4 Å². The Morgan fingerprint density at radius 1 is 1.27 bits per heavy atom. The fourth-order valence-corrected chi connectivity index (χ4v) is 3.41. The predicted octanol–water partition coefficient (Wildman–Crippen LogP) is 3.05. The SMILES string of the molecule is C[C@H]1CC[C@@H](CSc2nnc(COc3ccccc3)n2C)O1. The molecule has 1 aromatic heterocycles. The van der Waals surface area contributed by atoms with Crippen LogP contribution in [0, 0.1) is 0 Å². The first-order valence-electron chi connectivity index (χ1n) is 7.56. The van der Waals surface area contributed by atoms with E-state index in [0.29, 0.717) is 18.8 Å². The third-order valence-corrected chi connectivity index (χ3v) is 4.91. The van der Waals surface area contributed by atoms with Crippen LogP contribution >= 0.6 is 11.8 Å². The molecule has 6 heteroatoms. The topological polar surface area (TPSA) is 49.2 Å². The zero-order valence-electron chi connectivity index (χ0n) is 12.9. The summed E-state index contributed by atoms with van der Waals surface area (Å²) in [5.74, 6) is 2.59. The number of benzene rings is 1. The zero-order chi connectivity index (χ0) is 15.4. The zero-order valence-corrected chi connectivity index (χ0v) is 13.8. The maximum Gasteiger partial charge on any atom is 0.191 e. The first kappa shape index (κ1) is 15.4. The Bertz CT molecular complexity index is 603. The smallest absolute Gasteiger partial charge is 0.191 e. The van der Waals surface area contributed by atoms with Gasteiger partial charge in [-0.2, -0.15) is 0 Å². The molecule has 1 fully saturated rings. The minimum atomic E-state index is 0.334. The molecule has 0 amide bonds. The van der Waals surface area contributed by atoms with E-state index in [4.69, 9.17) is 9.47 Å². The normalized spacial score (nSPS) is 21.2. The Kier molecular flexibility index (Phi) is 5.00. The van der Waals surface area contributed by atoms with Crippen LogP contribution in [0.2, 0.25) is 0 Å². The van der Waals surface area contributed by atoms with Crippen LogP contribution in [0.4, 0.5) is 0 Å². The summed E-state index contributed by atoms with van der Waals surface area (Å²) in [6.07, 6.45) is 3.01. The summed E-state index contributed by atoms with van der Waals surface area (Å²) in [6, 6.07) is 9.75. The fraction of sp³-hybridized carbons (Fsp3) is 0.500. The van der Waals surface area contributed by atoms with E-state index in [1.807, 2.05) is 41.9 Å². The van der Waals surface area contributed by atoms with Gasteiger partial charge < -0.3 is 14.0 Å². The Morgan fingerprint density at radius 2 is 2.09 bits per heavy atom. The molecule has 0 radical (unpaired) electrons. The molecule has 1 aromatic carbocycles. The molecule has 22 heavy (non-hydrogen) atoms. The number of nitrogens with zero attached hydrogens (tertiary/aromatic N) is 3. The largest absolute Gasteiger partial charge is 0.486 e. The van der Waals surface area contributed by atoms with E-state index in [1.54, 1.807) is 11.8 Å². The van der Waals surface area contributed by atoms with Gasteiger partial charge in [-0.1, -0.05) is 30.0 Å². The van der Waals surface area contributed by atoms with Gasteiger partial charge in [0.15, 0.2) is 11.0 Å². The highest BCUT2D eigenvalue weighted by Gasteiger charge is 2.22. The van der Waals surface area contributed by atoms with Gasteiger partial charge in [0.05, 0.1) is 12.2 Å². The van der Waals surface area contributed by atoms with Gasteiger partial charge in [-0.05, 0) is 31.9 Å². The van der Waals surface area contributed by atoms with Crippen molar-refractivity contribution in [2.45, 2.75) is 43.7 Å². The highest BCUT2D eigenvalue weighted by Crippen LogP contribution is 2.25. The van der Waals surface area contributed by atoms with Crippen molar-refractivity contribution in [1.29, 1.82) is 0 Å². The minimum absolute atomic E-state index is 0.334. The van der Waals surface area contributed by atoms with Crippen molar-refractivity contribution in [3.05, 3.63) is 36.2 Å². The molecule has 1 aliphatic rings. The summed E-state index contributed by atoms with van der Waals surface area (Å²) < 4.78 is 13.5. The average Bonchev–Trinajstić information content (AvgIpc) is 3.10. The van der Waals surface area contributed by atoms with Crippen LogP contribution in [0.3, 0.4) is 0 Å². The third kappa shape index (κ3) is 3.81. The highest BCUT2D eigenvalue weighted by atomic mass is 32.2. The summed E-state index contributed by atoms with van der Waals surface area (Å²) in [5.41, 5.74) is 0. The van der Waals surface area contributed by atoms with Gasteiger partial charge in [0, 0.05) is 12.8 Å². The molecule has 1 saturated heterocycles. The van der Waals surface area contributed by atoms with Crippen molar-refractivity contribution in [1.82, 2.24) is 14.8 Å². The first-order chi connectivity index (χ1) is 10.7. The van der Waals surface area contributed by atoms with Gasteiger partial charge in [-0.25, -0.2) is 0 Å². The van der Waals surface area contributed by atoms with E-state index in [2.05, 4.69) is 17.1 Å². The Morgan fingerprint density at radius 3 is 2.82 bits per heavy atom. The average molecular weight is 319 g/mol. The van der Waals surface area contributed by atoms with E-state index >= 15 is 0 Å². The van der Waals surface area contributed by atoms with E-state index in [-0.39, 0.29) is 0 Å². The molecular weight excluding hydrogens is 298 g/mol. The Balaban J connectivity index is 1.53. The molecule has 5 nitrogen and oxygen atoms in total. The second kappa shape index (κ2) is 7.15. The number of hydrogen-bond acceptors (Lipinski definition) is 5. The van der Waals surface area contributed by atoms with Crippen LogP contribution < -0.4 is 4.74 Å². The number of aromatic nitrogens is 3. The van der Waals surface area contributed by atoms with Gasteiger partial charge in [0.2, 0.25) is 0 Å².